The van der Waals surface area contributed by atoms with E-state index in [0.29, 0.717) is 5.75 Å². The van der Waals surface area contributed by atoms with Crippen LogP contribution in [0.5, 0.6) is 17.2 Å². The van der Waals surface area contributed by atoms with Gasteiger partial charge in [-0.1, -0.05) is 36.4 Å². The lowest BCUT2D eigenvalue weighted by Crippen LogP contribution is -1.87. The minimum Gasteiger partial charge on any atom is -0.507 e. The van der Waals surface area contributed by atoms with Crippen molar-refractivity contribution < 1.29 is 9.84 Å². The minimum absolute atomic E-state index is 0.222. The normalized spacial score (nSPS) is 10.6. The first-order chi connectivity index (χ1) is 9.25. The van der Waals surface area contributed by atoms with Crippen molar-refractivity contribution in [2.24, 2.45) is 0 Å². The third-order valence-electron chi connectivity index (χ3n) is 2.90. The molecule has 3 heteroatoms. The van der Waals surface area contributed by atoms with Gasteiger partial charge in [-0.3, -0.25) is 0 Å². The Morgan fingerprint density at radius 1 is 0.789 bits per heavy atom. The van der Waals surface area contributed by atoms with Crippen molar-refractivity contribution in [2.45, 2.75) is 0 Å². The minimum atomic E-state index is 0.222. The second-order valence-electron chi connectivity index (χ2n) is 4.16. The Kier molecular flexibility index (Phi) is 3.13. The summed E-state index contributed by atoms with van der Waals surface area (Å²) in [5.41, 5.74) is 0. The molecule has 0 aliphatic rings. The van der Waals surface area contributed by atoms with Gasteiger partial charge in [-0.15, -0.1) is 0 Å². The van der Waals surface area contributed by atoms with E-state index in [9.17, 15) is 5.11 Å². The molecule has 0 radical (unpaired) electrons. The molecule has 0 bridgehead atoms. The molecule has 0 heterocycles. The molecule has 0 atom stereocenters. The van der Waals surface area contributed by atoms with Crippen LogP contribution in [-0.4, -0.2) is 5.11 Å². The highest BCUT2D eigenvalue weighted by atomic mass is 79.9. The van der Waals surface area contributed by atoms with Crippen molar-refractivity contribution in [3.8, 4) is 17.2 Å². The number of fused-ring (bicyclic) bond motifs is 1. The molecule has 3 rings (SSSR count). The lowest BCUT2D eigenvalue weighted by Gasteiger charge is -2.11. The number of hydrogen-bond donors (Lipinski definition) is 1. The summed E-state index contributed by atoms with van der Waals surface area (Å²) in [7, 11) is 0. The van der Waals surface area contributed by atoms with Crippen LogP contribution < -0.4 is 4.74 Å². The Labute approximate surface area is 119 Å². The molecule has 0 fully saturated rings. The second kappa shape index (κ2) is 4.94. The molecule has 2 nitrogen and oxygen atoms in total. The molecule has 0 spiro atoms. The van der Waals surface area contributed by atoms with E-state index < -0.39 is 0 Å². The van der Waals surface area contributed by atoms with Gasteiger partial charge in [0.05, 0.1) is 9.86 Å². The molecule has 94 valence electrons. The topological polar surface area (TPSA) is 29.5 Å². The first-order valence-corrected chi connectivity index (χ1v) is 6.68. The van der Waals surface area contributed by atoms with Crippen LogP contribution in [0.15, 0.2) is 65.1 Å². The molecule has 3 aromatic carbocycles. The number of hydrogen-bond acceptors (Lipinski definition) is 2. The second-order valence-corrected chi connectivity index (χ2v) is 5.02. The number of para-hydroxylation sites is 1. The van der Waals surface area contributed by atoms with E-state index in [0.717, 1.165) is 21.0 Å². The van der Waals surface area contributed by atoms with Crippen LogP contribution in [0.4, 0.5) is 0 Å². The van der Waals surface area contributed by atoms with Gasteiger partial charge in [-0.2, -0.15) is 0 Å². The van der Waals surface area contributed by atoms with Gasteiger partial charge < -0.3 is 9.84 Å². The van der Waals surface area contributed by atoms with E-state index in [1.807, 2.05) is 54.6 Å². The molecule has 0 aliphatic carbocycles. The SMILES string of the molecule is Oc1cccc2cccc(Oc3ccccc3Br)c12. The molecule has 0 saturated carbocycles. The van der Waals surface area contributed by atoms with Crippen LogP contribution in [-0.2, 0) is 0 Å². The molecule has 3 aromatic rings. The van der Waals surface area contributed by atoms with Crippen molar-refractivity contribution in [1.82, 2.24) is 0 Å². The highest BCUT2D eigenvalue weighted by Crippen LogP contribution is 2.37. The number of phenolic OH excluding ortho intramolecular Hbond substituents is 1. The van der Waals surface area contributed by atoms with Crippen LogP contribution in [0.25, 0.3) is 10.8 Å². The Morgan fingerprint density at radius 3 is 2.26 bits per heavy atom. The molecular formula is C16H11BrO2. The maximum Gasteiger partial charge on any atom is 0.141 e. The summed E-state index contributed by atoms with van der Waals surface area (Å²) in [6.45, 7) is 0. The van der Waals surface area contributed by atoms with Gasteiger partial charge in [0, 0.05) is 0 Å². The van der Waals surface area contributed by atoms with E-state index in [-0.39, 0.29) is 5.75 Å². The van der Waals surface area contributed by atoms with Gasteiger partial charge in [0.1, 0.15) is 17.2 Å². The lowest BCUT2D eigenvalue weighted by atomic mass is 10.1. The summed E-state index contributed by atoms with van der Waals surface area (Å²) < 4.78 is 6.77. The zero-order chi connectivity index (χ0) is 13.2. The zero-order valence-electron chi connectivity index (χ0n) is 10.0. The van der Waals surface area contributed by atoms with Crippen molar-refractivity contribution in [2.75, 3.05) is 0 Å². The molecule has 0 aromatic heterocycles. The van der Waals surface area contributed by atoms with Crippen LogP contribution in [0.3, 0.4) is 0 Å². The van der Waals surface area contributed by atoms with E-state index in [2.05, 4.69) is 15.9 Å². The Morgan fingerprint density at radius 2 is 1.47 bits per heavy atom. The molecule has 0 unspecified atom stereocenters. The third-order valence-corrected chi connectivity index (χ3v) is 3.56. The average Bonchev–Trinajstić information content (AvgIpc) is 2.42. The Balaban J connectivity index is 2.14. The summed E-state index contributed by atoms with van der Waals surface area (Å²) in [5.74, 6) is 1.58. The molecular weight excluding hydrogens is 304 g/mol. The molecule has 0 aliphatic heterocycles. The predicted octanol–water partition coefficient (Wildman–Crippen LogP) is 5.10. The van der Waals surface area contributed by atoms with Crippen molar-refractivity contribution in [1.29, 1.82) is 0 Å². The number of phenols is 1. The zero-order valence-corrected chi connectivity index (χ0v) is 11.6. The van der Waals surface area contributed by atoms with E-state index in [4.69, 9.17) is 4.74 Å². The fourth-order valence-electron chi connectivity index (χ4n) is 2.02. The van der Waals surface area contributed by atoms with Crippen LogP contribution in [0.1, 0.15) is 0 Å². The average molecular weight is 315 g/mol. The quantitative estimate of drug-likeness (QED) is 0.713. The first-order valence-electron chi connectivity index (χ1n) is 5.89. The maximum absolute atomic E-state index is 10.0. The summed E-state index contributed by atoms with van der Waals surface area (Å²) in [6, 6.07) is 18.8. The Bertz CT molecular complexity index is 732. The largest absolute Gasteiger partial charge is 0.507 e. The molecule has 1 N–H and O–H groups in total. The lowest BCUT2D eigenvalue weighted by molar-refractivity contribution is 0.466. The van der Waals surface area contributed by atoms with Crippen LogP contribution in [0.2, 0.25) is 0 Å². The monoisotopic (exact) mass is 314 g/mol. The number of ether oxygens (including phenoxy) is 1. The van der Waals surface area contributed by atoms with Crippen molar-refractivity contribution in [3.05, 3.63) is 65.1 Å². The first kappa shape index (κ1) is 12.1. The van der Waals surface area contributed by atoms with E-state index in [1.165, 1.54) is 0 Å². The highest BCUT2D eigenvalue weighted by Gasteiger charge is 2.08. The van der Waals surface area contributed by atoms with Gasteiger partial charge in [-0.05, 0) is 45.6 Å². The summed E-state index contributed by atoms with van der Waals surface area (Å²) >= 11 is 3.45. The number of rotatable bonds is 2. The van der Waals surface area contributed by atoms with Crippen molar-refractivity contribution >= 4 is 26.7 Å². The van der Waals surface area contributed by atoms with Gasteiger partial charge in [-0.25, -0.2) is 0 Å². The molecule has 0 saturated heterocycles. The smallest absolute Gasteiger partial charge is 0.141 e. The number of aromatic hydroxyl groups is 1. The van der Waals surface area contributed by atoms with Crippen LogP contribution in [0, 0.1) is 0 Å². The number of halogens is 1. The number of benzene rings is 3. The van der Waals surface area contributed by atoms with E-state index >= 15 is 0 Å². The summed E-state index contributed by atoms with van der Waals surface area (Å²) in [4.78, 5) is 0. The summed E-state index contributed by atoms with van der Waals surface area (Å²) in [6.07, 6.45) is 0. The fraction of sp³-hybridized carbons (Fsp3) is 0. The van der Waals surface area contributed by atoms with Crippen LogP contribution >= 0.6 is 15.9 Å². The predicted molar refractivity (Wildman–Crippen MR) is 79.8 cm³/mol. The van der Waals surface area contributed by atoms with Gasteiger partial charge >= 0.3 is 0 Å². The van der Waals surface area contributed by atoms with Crippen molar-refractivity contribution in [3.63, 3.8) is 0 Å². The standard InChI is InChI=1S/C16H11BrO2/c17-12-7-1-2-9-14(12)19-15-10-4-6-11-5-3-8-13(18)16(11)15/h1-10,18H. The molecule has 0 amide bonds. The van der Waals surface area contributed by atoms with Gasteiger partial charge in [0.25, 0.3) is 0 Å². The van der Waals surface area contributed by atoms with Gasteiger partial charge in [0.15, 0.2) is 0 Å². The van der Waals surface area contributed by atoms with Gasteiger partial charge in [0.2, 0.25) is 0 Å². The third kappa shape index (κ3) is 2.29. The Hall–Kier alpha value is -2.00. The van der Waals surface area contributed by atoms with E-state index in [1.54, 1.807) is 6.07 Å². The fourth-order valence-corrected chi connectivity index (χ4v) is 2.38. The summed E-state index contributed by atoms with van der Waals surface area (Å²) in [5, 5.41) is 11.7. The molecule has 19 heavy (non-hydrogen) atoms. The maximum atomic E-state index is 10.0. The highest BCUT2D eigenvalue weighted by molar-refractivity contribution is 9.10.